The largest absolute Gasteiger partial charge is 0.511 e. The van der Waals surface area contributed by atoms with Gasteiger partial charge in [-0.1, -0.05) is 12.1 Å². The van der Waals surface area contributed by atoms with E-state index in [1.54, 1.807) is 6.20 Å². The third-order valence-electron chi connectivity index (χ3n) is 4.21. The van der Waals surface area contributed by atoms with Crippen molar-refractivity contribution in [2.45, 2.75) is 36.7 Å². The molecule has 1 aromatic heterocycles. The normalized spacial score (nSPS) is 15.2. The smallest absolute Gasteiger partial charge is 0.244 e. The number of aliphatic hydroxyl groups is 1. The third kappa shape index (κ3) is 5.02. The van der Waals surface area contributed by atoms with E-state index < -0.39 is 5.91 Å². The van der Waals surface area contributed by atoms with Gasteiger partial charge in [0.05, 0.1) is 5.75 Å². The Morgan fingerprint density at radius 3 is 2.69 bits per heavy atom. The minimum absolute atomic E-state index is 0.0360. The van der Waals surface area contributed by atoms with E-state index in [4.69, 9.17) is 10.5 Å². The monoisotopic (exact) mass is 370 g/mol. The molecule has 1 fully saturated rings. The van der Waals surface area contributed by atoms with Crippen LogP contribution < -0.4 is 10.5 Å². The van der Waals surface area contributed by atoms with Gasteiger partial charge < -0.3 is 15.6 Å². The molecule has 0 atom stereocenters. The van der Waals surface area contributed by atoms with Crippen LogP contribution in [0.2, 0.25) is 0 Å². The first-order valence-electron chi connectivity index (χ1n) is 8.65. The molecule has 2 aromatic rings. The quantitative estimate of drug-likeness (QED) is 0.436. The van der Waals surface area contributed by atoms with Gasteiger partial charge in [0.25, 0.3) is 0 Å². The van der Waals surface area contributed by atoms with E-state index in [1.807, 2.05) is 36.4 Å². The molecule has 1 aliphatic rings. The number of pyridine rings is 1. The maximum absolute atomic E-state index is 10.7. The van der Waals surface area contributed by atoms with E-state index in [0.717, 1.165) is 34.9 Å². The maximum atomic E-state index is 10.7. The number of amides is 1. The van der Waals surface area contributed by atoms with Gasteiger partial charge in [-0.3, -0.25) is 4.79 Å². The molecule has 1 aromatic carbocycles. The van der Waals surface area contributed by atoms with Crippen molar-refractivity contribution >= 4 is 17.7 Å². The second-order valence-electron chi connectivity index (χ2n) is 6.23. The number of carbonyl (C=O) groups excluding carboxylic acids is 1. The summed E-state index contributed by atoms with van der Waals surface area (Å²) in [5.74, 6) is 0.295. The molecule has 0 unspecified atom stereocenters. The molecular weight excluding hydrogens is 348 g/mol. The second kappa shape index (κ2) is 8.76. The Bertz CT molecular complexity index is 784. The minimum Gasteiger partial charge on any atom is -0.511 e. The molecule has 0 bridgehead atoms. The van der Waals surface area contributed by atoms with Gasteiger partial charge in [-0.25, -0.2) is 4.98 Å². The first-order chi connectivity index (χ1) is 12.6. The van der Waals surface area contributed by atoms with Crippen molar-refractivity contribution in [3.63, 3.8) is 0 Å². The van der Waals surface area contributed by atoms with E-state index in [2.05, 4.69) is 4.98 Å². The summed E-state index contributed by atoms with van der Waals surface area (Å²) in [7, 11) is 0. The zero-order chi connectivity index (χ0) is 18.4. The molecule has 136 valence electrons. The number of aliphatic hydroxyl groups excluding tert-OH is 1. The van der Waals surface area contributed by atoms with Gasteiger partial charge in [-0.2, -0.15) is 0 Å². The van der Waals surface area contributed by atoms with Crippen LogP contribution in [0, 0.1) is 0 Å². The van der Waals surface area contributed by atoms with Crippen LogP contribution in [-0.2, 0) is 4.79 Å². The highest BCUT2D eigenvalue weighted by Crippen LogP contribution is 2.32. The maximum Gasteiger partial charge on any atom is 0.244 e. The molecule has 0 saturated heterocycles. The highest BCUT2D eigenvalue weighted by atomic mass is 32.2. The number of ether oxygens (including phenoxy) is 1. The Labute approximate surface area is 157 Å². The summed E-state index contributed by atoms with van der Waals surface area (Å²) < 4.78 is 6.11. The van der Waals surface area contributed by atoms with Crippen LogP contribution in [0.4, 0.5) is 0 Å². The van der Waals surface area contributed by atoms with Gasteiger partial charge in [-0.05, 0) is 55.5 Å². The summed E-state index contributed by atoms with van der Waals surface area (Å²) in [6, 6.07) is 11.9. The first kappa shape index (κ1) is 18.3. The summed E-state index contributed by atoms with van der Waals surface area (Å²) in [4.78, 5) is 16.1. The van der Waals surface area contributed by atoms with Crippen LogP contribution in [0.3, 0.4) is 0 Å². The SMILES string of the molecule is NC(=O)/C=C(\O)CSc1ccc(-c2cccnc2OC2CCCC2)cc1. The van der Waals surface area contributed by atoms with Gasteiger partial charge in [-0.15, -0.1) is 11.8 Å². The molecule has 1 aliphatic carbocycles. The van der Waals surface area contributed by atoms with Crippen molar-refractivity contribution in [1.29, 1.82) is 0 Å². The number of thioether (sulfide) groups is 1. The fraction of sp³-hybridized carbons (Fsp3) is 0.300. The van der Waals surface area contributed by atoms with Crippen molar-refractivity contribution in [3.8, 4) is 17.0 Å². The number of hydrogen-bond acceptors (Lipinski definition) is 5. The summed E-state index contributed by atoms with van der Waals surface area (Å²) in [6.07, 6.45) is 7.67. The number of nitrogens with zero attached hydrogens (tertiary/aromatic N) is 1. The van der Waals surface area contributed by atoms with Crippen molar-refractivity contribution in [2.24, 2.45) is 5.73 Å². The van der Waals surface area contributed by atoms with E-state index >= 15 is 0 Å². The van der Waals surface area contributed by atoms with Crippen molar-refractivity contribution in [3.05, 3.63) is 54.4 Å². The molecule has 1 saturated carbocycles. The van der Waals surface area contributed by atoms with Crippen LogP contribution in [0.1, 0.15) is 25.7 Å². The number of primary amides is 1. The zero-order valence-corrected chi connectivity index (χ0v) is 15.2. The predicted molar refractivity (Wildman–Crippen MR) is 103 cm³/mol. The summed E-state index contributed by atoms with van der Waals surface area (Å²) in [5.41, 5.74) is 7.03. The average molecular weight is 370 g/mol. The predicted octanol–water partition coefficient (Wildman–Crippen LogP) is 4.09. The Morgan fingerprint density at radius 2 is 2.00 bits per heavy atom. The standard InChI is InChI=1S/C20H22N2O3S/c21-19(24)12-15(23)13-26-17-9-7-14(8-10-17)18-6-3-11-22-20(18)25-16-4-1-2-5-16/h3,6-12,16,23H,1-2,4-5,13H2,(H2,21,24)/b15-12-. The van der Waals surface area contributed by atoms with Crippen LogP contribution in [0.25, 0.3) is 11.1 Å². The average Bonchev–Trinajstić information content (AvgIpc) is 3.13. The Hall–Kier alpha value is -2.47. The Morgan fingerprint density at radius 1 is 1.27 bits per heavy atom. The van der Waals surface area contributed by atoms with Crippen molar-refractivity contribution in [1.82, 2.24) is 4.98 Å². The number of nitrogens with two attached hydrogens (primary N) is 1. The fourth-order valence-corrected chi connectivity index (χ4v) is 3.69. The summed E-state index contributed by atoms with van der Waals surface area (Å²) >= 11 is 1.43. The topological polar surface area (TPSA) is 85.4 Å². The molecule has 3 rings (SSSR count). The molecule has 26 heavy (non-hydrogen) atoms. The van der Waals surface area contributed by atoms with Crippen molar-refractivity contribution in [2.75, 3.05) is 5.75 Å². The lowest BCUT2D eigenvalue weighted by Gasteiger charge is -2.15. The van der Waals surface area contributed by atoms with E-state index in [1.165, 1.54) is 24.6 Å². The fourth-order valence-electron chi connectivity index (χ4n) is 2.96. The second-order valence-corrected chi connectivity index (χ2v) is 7.28. The third-order valence-corrected chi connectivity index (χ3v) is 5.26. The minimum atomic E-state index is -0.648. The lowest BCUT2D eigenvalue weighted by molar-refractivity contribution is -0.113. The van der Waals surface area contributed by atoms with E-state index in [0.29, 0.717) is 11.6 Å². The number of hydrogen-bond donors (Lipinski definition) is 2. The number of rotatable bonds is 7. The van der Waals surface area contributed by atoms with Crippen LogP contribution in [-0.4, -0.2) is 27.9 Å². The molecule has 1 amide bonds. The van der Waals surface area contributed by atoms with E-state index in [9.17, 15) is 9.90 Å². The number of carbonyl (C=O) groups is 1. The molecular formula is C20H22N2O3S. The molecule has 5 nitrogen and oxygen atoms in total. The highest BCUT2D eigenvalue weighted by molar-refractivity contribution is 7.99. The first-order valence-corrected chi connectivity index (χ1v) is 9.64. The molecule has 0 radical (unpaired) electrons. The molecule has 0 aliphatic heterocycles. The summed E-state index contributed by atoms with van der Waals surface area (Å²) in [6.45, 7) is 0. The van der Waals surface area contributed by atoms with E-state index in [-0.39, 0.29) is 11.9 Å². The van der Waals surface area contributed by atoms with Crippen molar-refractivity contribution < 1.29 is 14.6 Å². The Kier molecular flexibility index (Phi) is 6.17. The number of benzene rings is 1. The van der Waals surface area contributed by atoms with Gasteiger partial charge in [0.1, 0.15) is 11.9 Å². The van der Waals surface area contributed by atoms with Crippen LogP contribution in [0.5, 0.6) is 5.88 Å². The molecule has 0 spiro atoms. The lowest BCUT2D eigenvalue weighted by atomic mass is 10.1. The lowest BCUT2D eigenvalue weighted by Crippen LogP contribution is -2.12. The molecule has 1 heterocycles. The zero-order valence-electron chi connectivity index (χ0n) is 14.4. The van der Waals surface area contributed by atoms with Gasteiger partial charge in [0.2, 0.25) is 11.8 Å². The van der Waals surface area contributed by atoms with Gasteiger partial charge in [0.15, 0.2) is 0 Å². The number of aromatic nitrogens is 1. The van der Waals surface area contributed by atoms with Gasteiger partial charge in [0, 0.05) is 22.7 Å². The summed E-state index contributed by atoms with van der Waals surface area (Å²) in [5, 5.41) is 9.60. The van der Waals surface area contributed by atoms with Crippen LogP contribution >= 0.6 is 11.8 Å². The highest BCUT2D eigenvalue weighted by Gasteiger charge is 2.19. The Balaban J connectivity index is 1.69. The van der Waals surface area contributed by atoms with Gasteiger partial charge >= 0.3 is 0 Å². The molecule has 3 N–H and O–H groups in total. The van der Waals surface area contributed by atoms with Crippen LogP contribution in [0.15, 0.2) is 59.3 Å². The molecule has 6 heteroatoms.